The molecule has 0 bridgehead atoms. The Balaban J connectivity index is 0.000000268. The monoisotopic (exact) mass is 1010 g/mol. The van der Waals surface area contributed by atoms with Crippen LogP contribution >= 0.6 is 0 Å². The van der Waals surface area contributed by atoms with Crippen molar-refractivity contribution in [1.29, 1.82) is 0 Å². The maximum atomic E-state index is 13.8. The van der Waals surface area contributed by atoms with Gasteiger partial charge in [-0.15, -0.1) is 0 Å². The lowest BCUT2D eigenvalue weighted by atomic mass is 9.98. The number of carbonyl (C=O) groups is 7. The van der Waals surface area contributed by atoms with E-state index in [2.05, 4.69) is 73.3 Å². The number of aliphatic hydroxyl groups excluding tert-OH is 1. The lowest BCUT2D eigenvalue weighted by molar-refractivity contribution is -0.147. The molecule has 0 aromatic carbocycles. The van der Waals surface area contributed by atoms with E-state index >= 15 is 0 Å². The molecule has 17 heteroatoms. The Kier molecular flexibility index (Phi) is 20.2. The second kappa shape index (κ2) is 25.0. The van der Waals surface area contributed by atoms with Crippen molar-refractivity contribution >= 4 is 41.8 Å². The molecular formula is C55H90N6O11. The fourth-order valence-electron chi connectivity index (χ4n) is 11.5. The molecule has 6 rings (SSSR count). The Labute approximate surface area is 429 Å². The molecule has 6 amide bonds. The van der Waals surface area contributed by atoms with Crippen LogP contribution in [0.5, 0.6) is 0 Å². The number of methoxy groups -OCH3 is 1. The molecule has 406 valence electrons. The molecule has 2 aliphatic carbocycles. The molecule has 2 saturated carbocycles. The van der Waals surface area contributed by atoms with Gasteiger partial charge in [0.2, 0.25) is 23.6 Å². The lowest BCUT2D eigenvalue weighted by Crippen LogP contribution is -2.57. The second-order valence-corrected chi connectivity index (χ2v) is 24.2. The Morgan fingerprint density at radius 1 is 0.611 bits per heavy atom. The highest BCUT2D eigenvalue weighted by Crippen LogP contribution is 2.66. The number of rotatable bonds is 4. The van der Waals surface area contributed by atoms with Crippen LogP contribution in [0.15, 0.2) is 24.3 Å². The van der Waals surface area contributed by atoms with Gasteiger partial charge in [0.25, 0.3) is 0 Å². The third-order valence-corrected chi connectivity index (χ3v) is 15.7. The quantitative estimate of drug-likeness (QED) is 0.107. The van der Waals surface area contributed by atoms with Gasteiger partial charge in [-0.05, 0) is 153 Å². The summed E-state index contributed by atoms with van der Waals surface area (Å²) in [6.45, 7) is 20.0. The fraction of sp³-hybridized carbons (Fsp3) is 0.800. The largest absolute Gasteiger partial charge is 0.467 e. The van der Waals surface area contributed by atoms with Crippen LogP contribution in [-0.2, 0) is 38.2 Å². The molecule has 4 aliphatic heterocycles. The van der Waals surface area contributed by atoms with Crippen LogP contribution in [-0.4, -0.2) is 131 Å². The third-order valence-electron chi connectivity index (χ3n) is 15.7. The number of hydrogen-bond donors (Lipinski definition) is 5. The number of carbonyl (C=O) groups excluding carboxylic acids is 7. The van der Waals surface area contributed by atoms with Gasteiger partial charge in [0, 0.05) is 13.1 Å². The zero-order valence-electron chi connectivity index (χ0n) is 45.4. The minimum absolute atomic E-state index is 0.00297. The van der Waals surface area contributed by atoms with Gasteiger partial charge in [0.15, 0.2) is 0 Å². The summed E-state index contributed by atoms with van der Waals surface area (Å²) in [6, 6.07) is -3.89. The molecule has 0 aromatic heterocycles. The Hall–Kier alpha value is -4.67. The minimum Gasteiger partial charge on any atom is -0.467 e. The zero-order valence-corrected chi connectivity index (χ0v) is 45.4. The molecule has 4 fully saturated rings. The predicted molar refractivity (Wildman–Crippen MR) is 274 cm³/mol. The van der Waals surface area contributed by atoms with Gasteiger partial charge in [-0.3, -0.25) is 19.2 Å². The first kappa shape index (κ1) is 58.2. The smallest absolute Gasteiger partial charge is 0.408 e. The molecule has 4 heterocycles. The highest BCUT2D eigenvalue weighted by Gasteiger charge is 2.70. The molecule has 10 atom stereocenters. The van der Waals surface area contributed by atoms with Gasteiger partial charge in [-0.25, -0.2) is 14.4 Å². The van der Waals surface area contributed by atoms with Crippen molar-refractivity contribution in [2.75, 3.05) is 26.8 Å². The van der Waals surface area contributed by atoms with Crippen molar-refractivity contribution in [3.05, 3.63) is 24.3 Å². The maximum Gasteiger partial charge on any atom is 0.408 e. The van der Waals surface area contributed by atoms with Crippen LogP contribution in [0, 0.1) is 34.5 Å². The number of aliphatic hydroxyl groups is 1. The lowest BCUT2D eigenvalue weighted by Gasteiger charge is -2.34. The first-order valence-electron chi connectivity index (χ1n) is 27.0. The van der Waals surface area contributed by atoms with Crippen LogP contribution < -0.4 is 21.3 Å². The molecule has 72 heavy (non-hydrogen) atoms. The van der Waals surface area contributed by atoms with Gasteiger partial charge < -0.3 is 50.4 Å². The van der Waals surface area contributed by atoms with Crippen molar-refractivity contribution < 1.29 is 52.9 Å². The van der Waals surface area contributed by atoms with E-state index in [4.69, 9.17) is 14.2 Å². The SMILES string of the molecule is CC(C)(C)OC(=O)N[C@H]1CCCCC=CCCCC[C@@H](CO)NC(=O)[C@@H]2[C@@H]3[C@H](CN2C1=O)C3(C)C.COC(=O)[C@@H]1CCCCC=CCCCC[C@H](NC(=O)OC(C)(C)C)C(=O)N2C[C@H]3[C@@H]([C@H]2C(=O)N1)C3(C)C. The zero-order chi connectivity index (χ0) is 53.2. The van der Waals surface area contributed by atoms with Gasteiger partial charge in [-0.2, -0.15) is 0 Å². The van der Waals surface area contributed by atoms with Crippen molar-refractivity contribution in [1.82, 2.24) is 31.1 Å². The van der Waals surface area contributed by atoms with Gasteiger partial charge in [-0.1, -0.05) is 77.7 Å². The van der Waals surface area contributed by atoms with Crippen molar-refractivity contribution in [2.24, 2.45) is 34.5 Å². The van der Waals surface area contributed by atoms with Crippen molar-refractivity contribution in [3.63, 3.8) is 0 Å². The molecule has 6 aliphatic rings. The van der Waals surface area contributed by atoms with Gasteiger partial charge >= 0.3 is 18.2 Å². The number of ether oxygens (including phenoxy) is 3. The highest BCUT2D eigenvalue weighted by molar-refractivity contribution is 5.95. The standard InChI is InChI=1S/C28H45N3O6.C27H45N3O5/c1-27(2,3)37-26(35)30-19-15-13-11-9-7-8-10-12-14-16-20(25(34)36-6)29-23(32)22-21-18(28(21,4)5)17-31(22)24(19)33;1-26(2,3)35-25(34)29-20-15-13-11-9-7-6-8-10-12-14-18(17-31)28-23(32)22-21-19(27(21,4)5)16-30(22)24(20)33/h7-8,18-22H,9-17H2,1-6H3,(H,29,32)(H,30,35);6-7,18-22,31H,8-17H2,1-5H3,(H,28,32)(H,29,34)/t2*18-,19-,20-,21-,22-/m00/s1. The number of esters is 1. The topological polar surface area (TPSA) is 222 Å². The molecule has 0 aromatic rings. The number of amides is 6. The van der Waals surface area contributed by atoms with E-state index < -0.39 is 59.6 Å². The van der Waals surface area contributed by atoms with Crippen molar-refractivity contribution in [3.8, 4) is 0 Å². The second-order valence-electron chi connectivity index (χ2n) is 24.2. The fourth-order valence-corrected chi connectivity index (χ4v) is 11.5. The Bertz CT molecular complexity index is 1970. The van der Waals surface area contributed by atoms with Crippen LogP contribution in [0.25, 0.3) is 0 Å². The summed E-state index contributed by atoms with van der Waals surface area (Å²) in [5.41, 5.74) is -1.45. The average Bonchev–Trinajstić information content (AvgIpc) is 3.74. The first-order chi connectivity index (χ1) is 33.8. The van der Waals surface area contributed by atoms with Gasteiger partial charge in [0.05, 0.1) is 19.8 Å². The Morgan fingerprint density at radius 3 is 1.36 bits per heavy atom. The molecular weight excluding hydrogens is 921 g/mol. The highest BCUT2D eigenvalue weighted by atomic mass is 16.6. The van der Waals surface area contributed by atoms with E-state index in [1.165, 1.54) is 7.11 Å². The van der Waals surface area contributed by atoms with Crippen LogP contribution in [0.1, 0.15) is 172 Å². The first-order valence-corrected chi connectivity index (χ1v) is 27.0. The summed E-state index contributed by atoms with van der Waals surface area (Å²) in [7, 11) is 1.32. The van der Waals surface area contributed by atoms with Crippen LogP contribution in [0.3, 0.4) is 0 Å². The van der Waals surface area contributed by atoms with E-state index in [1.54, 1.807) is 51.3 Å². The molecule has 0 unspecified atom stereocenters. The molecule has 5 N–H and O–H groups in total. The van der Waals surface area contributed by atoms with Gasteiger partial charge in [0.1, 0.15) is 41.4 Å². The van der Waals surface area contributed by atoms with E-state index in [0.717, 1.165) is 77.0 Å². The third kappa shape index (κ3) is 15.7. The number of alkyl carbamates (subject to hydrolysis) is 2. The van der Waals surface area contributed by atoms with Crippen LogP contribution in [0.4, 0.5) is 9.59 Å². The van der Waals surface area contributed by atoms with Crippen molar-refractivity contribution in [2.45, 2.75) is 219 Å². The summed E-state index contributed by atoms with van der Waals surface area (Å²) in [5, 5.41) is 21.4. The summed E-state index contributed by atoms with van der Waals surface area (Å²) in [6.07, 6.45) is 20.2. The number of nitrogens with zero attached hydrogens (tertiary/aromatic N) is 2. The van der Waals surface area contributed by atoms with Crippen LogP contribution in [0.2, 0.25) is 0 Å². The number of fused-ring (bicyclic) bond motifs is 6. The predicted octanol–water partition coefficient (Wildman–Crippen LogP) is 7.24. The number of hydrogen-bond acceptors (Lipinski definition) is 11. The minimum atomic E-state index is -0.790. The van der Waals surface area contributed by atoms with E-state index in [1.807, 2.05) is 0 Å². The summed E-state index contributed by atoms with van der Waals surface area (Å²) >= 11 is 0. The molecule has 0 spiro atoms. The summed E-state index contributed by atoms with van der Waals surface area (Å²) in [4.78, 5) is 95.6. The normalized spacial score (nSPS) is 31.5. The molecule has 17 nitrogen and oxygen atoms in total. The summed E-state index contributed by atoms with van der Waals surface area (Å²) < 4.78 is 15.8. The number of piperidine rings is 2. The summed E-state index contributed by atoms with van der Waals surface area (Å²) in [5.74, 6) is -0.966. The Morgan fingerprint density at radius 2 is 0.986 bits per heavy atom. The van der Waals surface area contributed by atoms with E-state index in [9.17, 15) is 38.7 Å². The average molecular weight is 1010 g/mol. The number of allylic oxidation sites excluding steroid dienone is 4. The van der Waals surface area contributed by atoms with E-state index in [0.29, 0.717) is 38.8 Å². The maximum absolute atomic E-state index is 13.8. The molecule has 0 radical (unpaired) electrons. The molecule has 2 saturated heterocycles. The van der Waals surface area contributed by atoms with E-state index in [-0.39, 0.29) is 70.8 Å². The number of nitrogens with one attached hydrogen (secondary N) is 4.